The van der Waals surface area contributed by atoms with Crippen LogP contribution in [0.1, 0.15) is 31.4 Å². The highest BCUT2D eigenvalue weighted by Crippen LogP contribution is 2.34. The molecule has 1 aromatic rings. The molecular formula is C17H18BrN2O5-. The summed E-state index contributed by atoms with van der Waals surface area (Å²) in [7, 11) is 1.27. The van der Waals surface area contributed by atoms with Crippen LogP contribution in [0.2, 0.25) is 0 Å². The molecule has 1 aromatic carbocycles. The molecule has 134 valence electrons. The second-order valence-electron chi connectivity index (χ2n) is 5.52. The number of halogens is 1. The summed E-state index contributed by atoms with van der Waals surface area (Å²) in [6, 6.07) is 6.20. The molecule has 0 spiro atoms. The zero-order valence-corrected chi connectivity index (χ0v) is 15.5. The molecule has 0 radical (unpaired) electrons. The Balaban J connectivity index is 2.41. The van der Waals surface area contributed by atoms with Crippen LogP contribution in [0.4, 0.5) is 4.79 Å². The second-order valence-corrected chi connectivity index (χ2v) is 6.38. The molecule has 1 aliphatic rings. The first kappa shape index (κ1) is 19.0. The third-order valence-corrected chi connectivity index (χ3v) is 4.70. The first-order valence-corrected chi connectivity index (χ1v) is 8.47. The number of carboxylic acids is 1. The van der Waals surface area contributed by atoms with Crippen LogP contribution in [-0.4, -0.2) is 36.5 Å². The minimum absolute atomic E-state index is 0.162. The monoisotopic (exact) mass is 409 g/mol. The van der Waals surface area contributed by atoms with E-state index < -0.39 is 24.0 Å². The second kappa shape index (κ2) is 8.15. The molecule has 0 bridgehead atoms. The molecule has 2 amide bonds. The predicted octanol–water partition coefficient (Wildman–Crippen LogP) is 1.49. The van der Waals surface area contributed by atoms with Gasteiger partial charge in [0.05, 0.1) is 18.7 Å². The standard InChI is InChI=1S/C17H19BrN2O5/c1-10-14(16(23)25-2)15(11-6-3-4-7-12(11)18)19-17(24)20(10)9-5-8-13(21)22/h3-4,6-7,15H,5,8-9H2,1-2H3,(H,19,24)(H,21,22)/p-1/t15-/m1/s1. The van der Waals surface area contributed by atoms with Crippen molar-refractivity contribution < 1.29 is 24.2 Å². The van der Waals surface area contributed by atoms with E-state index in [1.807, 2.05) is 18.2 Å². The van der Waals surface area contributed by atoms with Gasteiger partial charge in [0.15, 0.2) is 0 Å². The fraction of sp³-hybridized carbons (Fsp3) is 0.353. The van der Waals surface area contributed by atoms with Crippen molar-refractivity contribution in [3.8, 4) is 0 Å². The largest absolute Gasteiger partial charge is 0.550 e. The quantitative estimate of drug-likeness (QED) is 0.717. The number of carbonyl (C=O) groups is 3. The van der Waals surface area contributed by atoms with Crippen molar-refractivity contribution in [1.29, 1.82) is 0 Å². The minimum Gasteiger partial charge on any atom is -0.550 e. The number of rotatable bonds is 6. The van der Waals surface area contributed by atoms with Gasteiger partial charge in [0.1, 0.15) is 0 Å². The Morgan fingerprint density at radius 3 is 2.64 bits per heavy atom. The number of hydrogen-bond donors (Lipinski definition) is 1. The molecule has 0 saturated carbocycles. The van der Waals surface area contributed by atoms with Crippen molar-refractivity contribution in [2.75, 3.05) is 13.7 Å². The van der Waals surface area contributed by atoms with Crippen LogP contribution in [0.25, 0.3) is 0 Å². The number of urea groups is 1. The number of methoxy groups -OCH3 is 1. The van der Waals surface area contributed by atoms with Gasteiger partial charge >= 0.3 is 12.0 Å². The lowest BCUT2D eigenvalue weighted by Crippen LogP contribution is -2.48. The van der Waals surface area contributed by atoms with E-state index in [0.717, 1.165) is 10.0 Å². The zero-order valence-electron chi connectivity index (χ0n) is 13.9. The number of nitrogens with zero attached hydrogens (tertiary/aromatic N) is 1. The van der Waals surface area contributed by atoms with Crippen molar-refractivity contribution in [2.45, 2.75) is 25.8 Å². The highest BCUT2D eigenvalue weighted by atomic mass is 79.9. The minimum atomic E-state index is -1.18. The van der Waals surface area contributed by atoms with Crippen LogP contribution in [0, 0.1) is 0 Å². The van der Waals surface area contributed by atoms with E-state index in [9.17, 15) is 19.5 Å². The molecule has 25 heavy (non-hydrogen) atoms. The predicted molar refractivity (Wildman–Crippen MR) is 91.1 cm³/mol. The maximum atomic E-state index is 12.5. The molecule has 7 nitrogen and oxygen atoms in total. The van der Waals surface area contributed by atoms with Crippen molar-refractivity contribution in [2.24, 2.45) is 0 Å². The van der Waals surface area contributed by atoms with Crippen molar-refractivity contribution in [3.63, 3.8) is 0 Å². The fourth-order valence-corrected chi connectivity index (χ4v) is 3.26. The van der Waals surface area contributed by atoms with Gasteiger partial charge in [-0.05, 0) is 31.4 Å². The molecule has 1 atom stereocenters. The van der Waals surface area contributed by atoms with Crippen LogP contribution in [0.15, 0.2) is 40.0 Å². The molecule has 8 heteroatoms. The topological polar surface area (TPSA) is 98.8 Å². The van der Waals surface area contributed by atoms with Gasteiger partial charge in [-0.2, -0.15) is 0 Å². The average molecular weight is 410 g/mol. The average Bonchev–Trinajstić information content (AvgIpc) is 2.57. The van der Waals surface area contributed by atoms with Crippen LogP contribution in [-0.2, 0) is 14.3 Å². The van der Waals surface area contributed by atoms with Gasteiger partial charge in [0.25, 0.3) is 0 Å². The molecule has 0 saturated heterocycles. The van der Waals surface area contributed by atoms with Crippen molar-refractivity contribution in [3.05, 3.63) is 45.6 Å². The van der Waals surface area contributed by atoms with E-state index in [-0.39, 0.29) is 19.4 Å². The van der Waals surface area contributed by atoms with E-state index in [1.165, 1.54) is 12.0 Å². The Morgan fingerprint density at radius 2 is 2.04 bits per heavy atom. The Labute approximate surface area is 153 Å². The number of allylic oxidation sites excluding steroid dienone is 1. The summed E-state index contributed by atoms with van der Waals surface area (Å²) in [5, 5.41) is 13.4. The summed E-state index contributed by atoms with van der Waals surface area (Å²) in [6.07, 6.45) is 0.0551. The van der Waals surface area contributed by atoms with Crippen molar-refractivity contribution >= 4 is 33.9 Å². The molecule has 0 aliphatic carbocycles. The number of ether oxygens (including phenoxy) is 1. The number of hydrogen-bond acceptors (Lipinski definition) is 5. The number of esters is 1. The van der Waals surface area contributed by atoms with E-state index in [1.54, 1.807) is 13.0 Å². The van der Waals surface area contributed by atoms with E-state index in [2.05, 4.69) is 21.2 Å². The van der Waals surface area contributed by atoms with Gasteiger partial charge < -0.3 is 20.0 Å². The summed E-state index contributed by atoms with van der Waals surface area (Å²) in [4.78, 5) is 36.7. The van der Waals surface area contributed by atoms with Crippen molar-refractivity contribution in [1.82, 2.24) is 10.2 Å². The molecule has 0 unspecified atom stereocenters. The fourth-order valence-electron chi connectivity index (χ4n) is 2.75. The highest BCUT2D eigenvalue weighted by molar-refractivity contribution is 9.10. The maximum absolute atomic E-state index is 12.5. The zero-order chi connectivity index (χ0) is 18.6. The molecule has 1 N–H and O–H groups in total. The summed E-state index contributed by atoms with van der Waals surface area (Å²) in [6.45, 7) is 1.81. The molecule has 1 heterocycles. The van der Waals surface area contributed by atoms with E-state index >= 15 is 0 Å². The lowest BCUT2D eigenvalue weighted by Gasteiger charge is -2.35. The highest BCUT2D eigenvalue weighted by Gasteiger charge is 2.36. The van der Waals surface area contributed by atoms with Gasteiger partial charge in [0.2, 0.25) is 0 Å². The van der Waals surface area contributed by atoms with Crippen LogP contribution < -0.4 is 10.4 Å². The molecule has 2 rings (SSSR count). The third-order valence-electron chi connectivity index (χ3n) is 3.98. The van der Waals surface area contributed by atoms with E-state index in [0.29, 0.717) is 11.3 Å². The lowest BCUT2D eigenvalue weighted by molar-refractivity contribution is -0.305. The first-order valence-electron chi connectivity index (χ1n) is 7.68. The number of benzene rings is 1. The first-order chi connectivity index (χ1) is 11.9. The lowest BCUT2D eigenvalue weighted by atomic mass is 9.95. The van der Waals surface area contributed by atoms with Gasteiger partial charge in [-0.25, -0.2) is 9.59 Å². The SMILES string of the molecule is COC(=O)C1=C(C)N(CCCC(=O)[O-])C(=O)N[C@@H]1c1ccccc1Br. The van der Waals surface area contributed by atoms with Crippen LogP contribution in [0.3, 0.4) is 0 Å². The van der Waals surface area contributed by atoms with E-state index in [4.69, 9.17) is 4.74 Å². The summed E-state index contributed by atoms with van der Waals surface area (Å²) < 4.78 is 5.63. The normalized spacial score (nSPS) is 17.3. The number of aliphatic carboxylic acids is 1. The van der Waals surface area contributed by atoms with Crippen LogP contribution >= 0.6 is 15.9 Å². The van der Waals surface area contributed by atoms with Crippen LogP contribution in [0.5, 0.6) is 0 Å². The third kappa shape index (κ3) is 4.19. The number of nitrogens with one attached hydrogen (secondary N) is 1. The Bertz CT molecular complexity index is 732. The molecular weight excluding hydrogens is 392 g/mol. The molecule has 1 aliphatic heterocycles. The molecule has 0 aromatic heterocycles. The Morgan fingerprint density at radius 1 is 1.36 bits per heavy atom. The Hall–Kier alpha value is -2.35. The summed E-state index contributed by atoms with van der Waals surface area (Å²) in [5.74, 6) is -1.73. The van der Waals surface area contributed by atoms with Gasteiger partial charge in [-0.1, -0.05) is 34.1 Å². The number of amides is 2. The Kier molecular flexibility index (Phi) is 6.19. The van der Waals surface area contributed by atoms with Gasteiger partial charge in [-0.15, -0.1) is 0 Å². The summed E-state index contributed by atoms with van der Waals surface area (Å²) >= 11 is 3.43. The maximum Gasteiger partial charge on any atom is 0.337 e. The number of carbonyl (C=O) groups excluding carboxylic acids is 3. The summed E-state index contributed by atoms with van der Waals surface area (Å²) in [5.41, 5.74) is 1.47. The number of carboxylic acid groups (broad SMARTS) is 1. The molecule has 0 fully saturated rings. The van der Waals surface area contributed by atoms with Gasteiger partial charge in [-0.3, -0.25) is 4.90 Å². The van der Waals surface area contributed by atoms with Gasteiger partial charge in [0, 0.05) is 22.7 Å². The smallest absolute Gasteiger partial charge is 0.337 e.